The van der Waals surface area contributed by atoms with E-state index in [-0.39, 0.29) is 11.8 Å². The lowest BCUT2D eigenvalue weighted by Gasteiger charge is -2.14. The number of hydrogen-bond acceptors (Lipinski definition) is 3. The second-order valence-corrected chi connectivity index (χ2v) is 4.87. The SMILES string of the molecule is Cc1ccc2c(c1)C(=O)N(c1cccc(CN)c1)C2=O. The molecule has 0 atom stereocenters. The highest BCUT2D eigenvalue weighted by molar-refractivity contribution is 6.34. The minimum atomic E-state index is -0.279. The van der Waals surface area contributed by atoms with Gasteiger partial charge in [0, 0.05) is 6.54 Å². The van der Waals surface area contributed by atoms with Crippen LogP contribution in [0.1, 0.15) is 31.8 Å². The van der Waals surface area contributed by atoms with Crippen molar-refractivity contribution in [1.82, 2.24) is 0 Å². The first kappa shape index (κ1) is 12.6. The minimum Gasteiger partial charge on any atom is -0.326 e. The van der Waals surface area contributed by atoms with Gasteiger partial charge in [0.25, 0.3) is 11.8 Å². The van der Waals surface area contributed by atoms with Gasteiger partial charge in [-0.05, 0) is 36.8 Å². The molecule has 0 unspecified atom stereocenters. The van der Waals surface area contributed by atoms with Crippen molar-refractivity contribution >= 4 is 17.5 Å². The molecule has 0 aromatic heterocycles. The molecular formula is C16H14N2O2. The molecule has 0 saturated carbocycles. The third-order valence-electron chi connectivity index (χ3n) is 3.45. The number of carbonyl (C=O) groups excluding carboxylic acids is 2. The Morgan fingerprint density at radius 3 is 2.50 bits per heavy atom. The summed E-state index contributed by atoms with van der Waals surface area (Å²) in [4.78, 5) is 26.0. The Morgan fingerprint density at radius 1 is 1.00 bits per heavy atom. The van der Waals surface area contributed by atoms with E-state index in [1.165, 1.54) is 4.90 Å². The van der Waals surface area contributed by atoms with Crippen molar-refractivity contribution < 1.29 is 9.59 Å². The lowest BCUT2D eigenvalue weighted by atomic mass is 10.1. The number of benzene rings is 2. The first-order valence-corrected chi connectivity index (χ1v) is 6.40. The maximum atomic E-state index is 12.4. The molecule has 3 rings (SSSR count). The van der Waals surface area contributed by atoms with E-state index in [1.807, 2.05) is 19.1 Å². The summed E-state index contributed by atoms with van der Waals surface area (Å²) in [7, 11) is 0. The van der Waals surface area contributed by atoms with E-state index in [2.05, 4.69) is 0 Å². The predicted molar refractivity (Wildman–Crippen MR) is 76.7 cm³/mol. The zero-order valence-electron chi connectivity index (χ0n) is 11.1. The molecule has 2 aromatic carbocycles. The molecule has 1 heterocycles. The van der Waals surface area contributed by atoms with Crippen molar-refractivity contribution in [3.05, 3.63) is 64.7 Å². The largest absolute Gasteiger partial charge is 0.326 e. The first-order chi connectivity index (χ1) is 9.61. The average Bonchev–Trinajstić information content (AvgIpc) is 2.70. The van der Waals surface area contributed by atoms with E-state index >= 15 is 0 Å². The second kappa shape index (κ2) is 4.58. The van der Waals surface area contributed by atoms with Gasteiger partial charge >= 0.3 is 0 Å². The summed E-state index contributed by atoms with van der Waals surface area (Å²) in [5, 5.41) is 0. The maximum Gasteiger partial charge on any atom is 0.266 e. The molecule has 1 aliphatic heterocycles. The Balaban J connectivity index is 2.09. The molecule has 0 bridgehead atoms. The molecule has 0 spiro atoms. The highest BCUT2D eigenvalue weighted by atomic mass is 16.2. The Hall–Kier alpha value is -2.46. The van der Waals surface area contributed by atoms with Crippen molar-refractivity contribution in [1.29, 1.82) is 0 Å². The van der Waals surface area contributed by atoms with E-state index in [1.54, 1.807) is 30.3 Å². The molecule has 0 aliphatic carbocycles. The summed E-state index contributed by atoms with van der Waals surface area (Å²) >= 11 is 0. The molecule has 0 fully saturated rings. The Kier molecular flexibility index (Phi) is 2.88. The van der Waals surface area contributed by atoms with Gasteiger partial charge in [0.15, 0.2) is 0 Å². The van der Waals surface area contributed by atoms with E-state index in [9.17, 15) is 9.59 Å². The van der Waals surface area contributed by atoms with Crippen molar-refractivity contribution in [2.24, 2.45) is 5.73 Å². The molecule has 20 heavy (non-hydrogen) atoms. The van der Waals surface area contributed by atoms with Gasteiger partial charge in [0.05, 0.1) is 16.8 Å². The standard InChI is InChI=1S/C16H14N2O2/c1-10-5-6-13-14(7-10)16(20)18(15(13)19)12-4-2-3-11(8-12)9-17/h2-8H,9,17H2,1H3. The summed E-state index contributed by atoms with van der Waals surface area (Å²) in [5.41, 5.74) is 8.94. The van der Waals surface area contributed by atoms with Crippen LogP contribution < -0.4 is 10.6 Å². The number of carbonyl (C=O) groups is 2. The van der Waals surface area contributed by atoms with Crippen molar-refractivity contribution in [3.8, 4) is 0 Å². The fraction of sp³-hybridized carbons (Fsp3) is 0.125. The number of nitrogens with two attached hydrogens (primary N) is 1. The van der Waals surface area contributed by atoms with Gasteiger partial charge in [-0.15, -0.1) is 0 Å². The number of anilines is 1. The molecule has 100 valence electrons. The number of nitrogens with zero attached hydrogens (tertiary/aromatic N) is 1. The molecule has 2 amide bonds. The molecule has 0 radical (unpaired) electrons. The van der Waals surface area contributed by atoms with Crippen LogP contribution in [0.3, 0.4) is 0 Å². The summed E-state index contributed by atoms with van der Waals surface area (Å²) in [5.74, 6) is -0.554. The highest BCUT2D eigenvalue weighted by Gasteiger charge is 2.36. The van der Waals surface area contributed by atoms with E-state index in [4.69, 9.17) is 5.73 Å². The van der Waals surface area contributed by atoms with Crippen LogP contribution in [-0.2, 0) is 6.54 Å². The summed E-state index contributed by atoms with van der Waals surface area (Å²) < 4.78 is 0. The summed E-state index contributed by atoms with van der Waals surface area (Å²) in [6, 6.07) is 12.5. The Labute approximate surface area is 116 Å². The zero-order valence-corrected chi connectivity index (χ0v) is 11.1. The highest BCUT2D eigenvalue weighted by Crippen LogP contribution is 2.29. The second-order valence-electron chi connectivity index (χ2n) is 4.87. The fourth-order valence-electron chi connectivity index (χ4n) is 2.41. The molecule has 2 N–H and O–H groups in total. The van der Waals surface area contributed by atoms with Crippen LogP contribution in [0.15, 0.2) is 42.5 Å². The van der Waals surface area contributed by atoms with Gasteiger partial charge in [-0.1, -0.05) is 23.8 Å². The van der Waals surface area contributed by atoms with Crippen LogP contribution in [0.25, 0.3) is 0 Å². The summed E-state index contributed by atoms with van der Waals surface area (Å²) in [6.07, 6.45) is 0. The Bertz CT molecular complexity index is 722. The van der Waals surface area contributed by atoms with Gasteiger partial charge in [-0.25, -0.2) is 4.90 Å². The van der Waals surface area contributed by atoms with Crippen LogP contribution in [0.4, 0.5) is 5.69 Å². The van der Waals surface area contributed by atoms with E-state index in [0.29, 0.717) is 23.4 Å². The van der Waals surface area contributed by atoms with Crippen LogP contribution >= 0.6 is 0 Å². The minimum absolute atomic E-state index is 0.275. The zero-order chi connectivity index (χ0) is 14.3. The van der Waals surface area contributed by atoms with Crippen LogP contribution in [-0.4, -0.2) is 11.8 Å². The smallest absolute Gasteiger partial charge is 0.266 e. The van der Waals surface area contributed by atoms with Crippen LogP contribution in [0.2, 0.25) is 0 Å². The average molecular weight is 266 g/mol. The van der Waals surface area contributed by atoms with Gasteiger partial charge in [-0.2, -0.15) is 0 Å². The van der Waals surface area contributed by atoms with Crippen LogP contribution in [0.5, 0.6) is 0 Å². The molecule has 0 saturated heterocycles. The first-order valence-electron chi connectivity index (χ1n) is 6.40. The van der Waals surface area contributed by atoms with Crippen LogP contribution in [0, 0.1) is 6.92 Å². The van der Waals surface area contributed by atoms with Gasteiger partial charge in [0.2, 0.25) is 0 Å². The number of imide groups is 1. The molecule has 4 heteroatoms. The van der Waals surface area contributed by atoms with Crippen molar-refractivity contribution in [2.45, 2.75) is 13.5 Å². The lowest BCUT2D eigenvalue weighted by Crippen LogP contribution is -2.29. The van der Waals surface area contributed by atoms with Gasteiger partial charge < -0.3 is 5.73 Å². The predicted octanol–water partition coefficient (Wildman–Crippen LogP) is 2.25. The molecule has 2 aromatic rings. The number of fused-ring (bicyclic) bond motifs is 1. The third-order valence-corrected chi connectivity index (χ3v) is 3.45. The van der Waals surface area contributed by atoms with Gasteiger partial charge in [0.1, 0.15) is 0 Å². The topological polar surface area (TPSA) is 63.4 Å². The summed E-state index contributed by atoms with van der Waals surface area (Å²) in [6.45, 7) is 2.27. The quantitative estimate of drug-likeness (QED) is 0.848. The van der Waals surface area contributed by atoms with Crippen molar-refractivity contribution in [2.75, 3.05) is 4.90 Å². The Morgan fingerprint density at radius 2 is 1.75 bits per heavy atom. The molecule has 1 aliphatic rings. The number of aryl methyl sites for hydroxylation is 1. The fourth-order valence-corrected chi connectivity index (χ4v) is 2.41. The third kappa shape index (κ3) is 1.82. The van der Waals surface area contributed by atoms with Gasteiger partial charge in [-0.3, -0.25) is 9.59 Å². The molecular weight excluding hydrogens is 252 g/mol. The normalized spacial score (nSPS) is 13.8. The molecule has 4 nitrogen and oxygen atoms in total. The van der Waals surface area contributed by atoms with E-state index in [0.717, 1.165) is 11.1 Å². The monoisotopic (exact) mass is 266 g/mol. The van der Waals surface area contributed by atoms with E-state index < -0.39 is 0 Å². The lowest BCUT2D eigenvalue weighted by molar-refractivity contribution is 0.0926. The maximum absolute atomic E-state index is 12.4. The van der Waals surface area contributed by atoms with Crippen molar-refractivity contribution in [3.63, 3.8) is 0 Å². The number of amides is 2. The number of rotatable bonds is 2. The number of hydrogen-bond donors (Lipinski definition) is 1.